The zero-order valence-corrected chi connectivity index (χ0v) is 26.1. The number of ether oxygens (including phenoxy) is 1. The van der Waals surface area contributed by atoms with Crippen molar-refractivity contribution in [1.82, 2.24) is 0 Å². The van der Waals surface area contributed by atoms with Gasteiger partial charge in [-0.25, -0.2) is 0 Å². The van der Waals surface area contributed by atoms with Crippen LogP contribution in [0.15, 0.2) is 75.8 Å². The first kappa shape index (κ1) is 31.8. The molecule has 0 bridgehead atoms. The fraction of sp³-hybridized carbons (Fsp3) is 0.148. The Morgan fingerprint density at radius 1 is 1.05 bits per heavy atom. The smallest absolute Gasteiger partial charge is 0.870 e. The van der Waals surface area contributed by atoms with E-state index in [1.54, 1.807) is 56.3 Å². The maximum absolute atomic E-state index is 13.4. The fourth-order valence-corrected chi connectivity index (χ4v) is 5.21. The molecule has 13 heteroatoms. The van der Waals surface area contributed by atoms with Gasteiger partial charge < -0.3 is 15.2 Å². The third-order valence-corrected chi connectivity index (χ3v) is 7.48. The molecule has 0 saturated heterocycles. The number of halogens is 2. The summed E-state index contributed by atoms with van der Waals surface area (Å²) in [4.78, 5) is 12.6. The monoisotopic (exact) mass is 609 g/mol. The van der Waals surface area contributed by atoms with Gasteiger partial charge >= 0.3 is 29.6 Å². The van der Waals surface area contributed by atoms with E-state index < -0.39 is 26.7 Å². The van der Waals surface area contributed by atoms with Crippen LogP contribution in [0.1, 0.15) is 29.8 Å². The Morgan fingerprint density at radius 3 is 2.45 bits per heavy atom. The Bertz CT molecular complexity index is 1730. The summed E-state index contributed by atoms with van der Waals surface area (Å²) >= 11 is 12.2. The number of nitrogens with one attached hydrogen (secondary N) is 1. The van der Waals surface area contributed by atoms with Gasteiger partial charge in [0.15, 0.2) is 0 Å². The van der Waals surface area contributed by atoms with Crippen LogP contribution in [0.5, 0.6) is 11.5 Å². The van der Waals surface area contributed by atoms with Gasteiger partial charge in [-0.1, -0.05) is 60.1 Å². The van der Waals surface area contributed by atoms with Crippen molar-refractivity contribution < 1.29 is 57.2 Å². The van der Waals surface area contributed by atoms with E-state index in [-0.39, 0.29) is 51.5 Å². The Labute approximate surface area is 263 Å². The second-order valence-electron chi connectivity index (χ2n) is 8.30. The quantitative estimate of drug-likeness (QED) is 0.175. The van der Waals surface area contributed by atoms with Crippen molar-refractivity contribution >= 4 is 67.1 Å². The van der Waals surface area contributed by atoms with E-state index >= 15 is 0 Å². The van der Waals surface area contributed by atoms with Gasteiger partial charge in [-0.15, -0.1) is 0 Å². The van der Waals surface area contributed by atoms with E-state index in [2.05, 4.69) is 15.5 Å². The molecule has 202 valence electrons. The van der Waals surface area contributed by atoms with Crippen LogP contribution < -0.4 is 44.7 Å². The van der Waals surface area contributed by atoms with Crippen molar-refractivity contribution in [3.8, 4) is 11.5 Å². The molecule has 0 heterocycles. The fourth-order valence-electron chi connectivity index (χ4n) is 3.87. The Morgan fingerprint density at radius 2 is 1.77 bits per heavy atom. The van der Waals surface area contributed by atoms with Crippen molar-refractivity contribution in [1.29, 1.82) is 0 Å². The van der Waals surface area contributed by atoms with Crippen molar-refractivity contribution in [3.63, 3.8) is 0 Å². The molecule has 0 saturated carbocycles. The van der Waals surface area contributed by atoms with Crippen LogP contribution in [0.3, 0.4) is 0 Å². The maximum Gasteiger partial charge on any atom is 1.00 e. The second kappa shape index (κ2) is 13.3. The van der Waals surface area contributed by atoms with Crippen molar-refractivity contribution in [2.45, 2.75) is 25.2 Å². The molecule has 40 heavy (non-hydrogen) atoms. The van der Waals surface area contributed by atoms with E-state index in [0.717, 1.165) is 6.07 Å². The summed E-state index contributed by atoms with van der Waals surface area (Å²) in [5.74, 6) is -0.986. The zero-order chi connectivity index (χ0) is 28.3. The van der Waals surface area contributed by atoms with Crippen LogP contribution in [-0.4, -0.2) is 25.5 Å². The number of aryl methyl sites for hydroxylation is 1. The number of amides is 1. The molecule has 0 aliphatic carbocycles. The third kappa shape index (κ3) is 6.95. The zero-order valence-electron chi connectivity index (χ0n) is 21.7. The average Bonchev–Trinajstić information content (AvgIpc) is 2.89. The van der Waals surface area contributed by atoms with E-state index in [1.165, 1.54) is 12.1 Å². The minimum absolute atomic E-state index is 0. The summed E-state index contributed by atoms with van der Waals surface area (Å²) in [6.45, 7) is 3.92. The third-order valence-electron chi connectivity index (χ3n) is 5.73. The minimum Gasteiger partial charge on any atom is -0.870 e. The van der Waals surface area contributed by atoms with Gasteiger partial charge in [0.05, 0.1) is 28.0 Å². The van der Waals surface area contributed by atoms with Gasteiger partial charge in [0.2, 0.25) is 0 Å². The molecule has 9 nitrogen and oxygen atoms in total. The summed E-state index contributed by atoms with van der Waals surface area (Å²) in [7, 11) is -4.64. The van der Waals surface area contributed by atoms with Gasteiger partial charge in [-0.05, 0) is 54.6 Å². The van der Waals surface area contributed by atoms with Gasteiger partial charge in [-0.3, -0.25) is 9.35 Å². The number of nitrogens with zero attached hydrogens (tertiary/aromatic N) is 2. The number of anilines is 1. The minimum atomic E-state index is -4.64. The van der Waals surface area contributed by atoms with Crippen molar-refractivity contribution in [3.05, 3.63) is 81.8 Å². The van der Waals surface area contributed by atoms with Gasteiger partial charge in [0, 0.05) is 22.7 Å². The molecule has 0 aromatic heterocycles. The van der Waals surface area contributed by atoms with Crippen LogP contribution in [0.2, 0.25) is 10.0 Å². The van der Waals surface area contributed by atoms with Gasteiger partial charge in [0.25, 0.3) is 16.0 Å². The normalized spacial score (nSPS) is 11.4. The Hall–Kier alpha value is -2.70. The van der Waals surface area contributed by atoms with E-state index in [0.29, 0.717) is 45.8 Å². The molecule has 0 spiro atoms. The molecular formula is C27H22Cl2N3NaO6S. The molecule has 4 aromatic rings. The van der Waals surface area contributed by atoms with Gasteiger partial charge in [-0.2, -0.15) is 18.6 Å². The van der Waals surface area contributed by atoms with Crippen LogP contribution in [0.25, 0.3) is 10.8 Å². The molecule has 2 N–H and O–H groups in total. The summed E-state index contributed by atoms with van der Waals surface area (Å²) < 4.78 is 38.7. The first-order chi connectivity index (χ1) is 18.5. The van der Waals surface area contributed by atoms with Crippen LogP contribution in [-0.2, 0) is 16.5 Å². The molecular weight excluding hydrogens is 588 g/mol. The maximum atomic E-state index is 13.4. The summed E-state index contributed by atoms with van der Waals surface area (Å²) in [6.07, 6.45) is 0.353. The standard InChI is InChI=1S/C27H23Cl2N3O6S.Na/c1-3-15-11-18(14-23(24(15)29)39(35,36)37)31-32-25-19-8-6-5-7-16(19)12-20(26(25)33)27(34)30-17-9-10-21(28)22(13-17)38-4-2;/h5-14,33H,3-4H2,1-2H3,(H,30,34)(H,35,36,37);/q;+1/p-1. The molecule has 1 amide bonds. The number of fused-ring (bicyclic) bond motifs is 1. The molecule has 0 atom stereocenters. The topological polar surface area (TPSA) is 140 Å². The summed E-state index contributed by atoms with van der Waals surface area (Å²) in [5, 5.41) is 25.5. The SMILES string of the molecule is CCOc1cc(NC(=O)c2cc3ccccc3c(N=Nc3cc(CC)c(Cl)c(S(=O)(=O)O)c3)c2[O-])ccc1Cl.[Na+]. The van der Waals surface area contributed by atoms with E-state index in [9.17, 15) is 22.9 Å². The van der Waals surface area contributed by atoms with Crippen LogP contribution >= 0.6 is 23.2 Å². The predicted molar refractivity (Wildman–Crippen MR) is 149 cm³/mol. The Kier molecular flexibility index (Phi) is 10.6. The number of carbonyl (C=O) groups is 1. The number of carbonyl (C=O) groups excluding carboxylic acids is 1. The molecule has 4 rings (SSSR count). The molecule has 0 aliphatic rings. The molecule has 0 unspecified atom stereocenters. The number of rotatable bonds is 8. The number of azo groups is 1. The van der Waals surface area contributed by atoms with E-state index in [1.807, 2.05) is 0 Å². The Balaban J connectivity index is 0.00000441. The predicted octanol–water partition coefficient (Wildman–Crippen LogP) is 4.10. The first-order valence-corrected chi connectivity index (χ1v) is 13.9. The van der Waals surface area contributed by atoms with Crippen molar-refractivity contribution in [2.75, 3.05) is 11.9 Å². The summed E-state index contributed by atoms with van der Waals surface area (Å²) in [5.41, 5.74) is 0.530. The second-order valence-corrected chi connectivity index (χ2v) is 10.5. The van der Waals surface area contributed by atoms with Crippen LogP contribution in [0.4, 0.5) is 17.1 Å². The van der Waals surface area contributed by atoms with Crippen LogP contribution in [0, 0.1) is 0 Å². The molecule has 0 aliphatic heterocycles. The number of hydrogen-bond acceptors (Lipinski definition) is 7. The average molecular weight is 610 g/mol. The van der Waals surface area contributed by atoms with Gasteiger partial charge in [0.1, 0.15) is 10.6 Å². The van der Waals surface area contributed by atoms with Crippen molar-refractivity contribution in [2.24, 2.45) is 10.2 Å². The molecule has 0 radical (unpaired) electrons. The number of hydrogen-bond donors (Lipinski definition) is 2. The first-order valence-electron chi connectivity index (χ1n) is 11.7. The molecule has 0 fully saturated rings. The number of benzene rings is 4. The largest absolute Gasteiger partial charge is 1.00 e. The molecule has 4 aromatic carbocycles. The summed E-state index contributed by atoms with van der Waals surface area (Å²) in [6, 6.07) is 15.5. The van der Waals surface area contributed by atoms with E-state index in [4.69, 9.17) is 27.9 Å².